The Morgan fingerprint density at radius 1 is 1.26 bits per heavy atom. The molecule has 1 atom stereocenters. The van der Waals surface area contributed by atoms with E-state index in [1.165, 1.54) is 11.1 Å². The second-order valence-corrected chi connectivity index (χ2v) is 12.0. The predicted molar refractivity (Wildman–Crippen MR) is 134 cm³/mol. The summed E-state index contributed by atoms with van der Waals surface area (Å²) in [7, 11) is -2.57. The van der Waals surface area contributed by atoms with Gasteiger partial charge in [-0.3, -0.25) is 0 Å². The van der Waals surface area contributed by atoms with Gasteiger partial charge in [-0.15, -0.1) is 6.58 Å². The molecule has 1 unspecified atom stereocenters. The van der Waals surface area contributed by atoms with Crippen LogP contribution in [0.1, 0.15) is 22.9 Å². The van der Waals surface area contributed by atoms with Gasteiger partial charge >= 0.3 is 0 Å². The average molecular weight is 478 g/mol. The standard InChI is InChI=1S/C24H28N7O2P/c1-4-12-30-23(32)19-15-26-24(27-18-9-8-17-14-25-11-10-16(17)13-18)29-22(19)31(30)20-6-5-7-21(28-20)34(2,3)33/h4-9,13,15,23,25,32H,1,10-12,14H2,2-3H3,(H,26,27,29). The molecule has 2 aliphatic heterocycles. The molecule has 1 aromatic carbocycles. The van der Waals surface area contributed by atoms with Crippen LogP contribution < -0.4 is 21.1 Å². The van der Waals surface area contributed by atoms with Crippen LogP contribution in [-0.4, -0.2) is 51.5 Å². The van der Waals surface area contributed by atoms with Crippen molar-refractivity contribution >= 4 is 35.8 Å². The molecule has 34 heavy (non-hydrogen) atoms. The van der Waals surface area contributed by atoms with Gasteiger partial charge in [0, 0.05) is 25.0 Å². The van der Waals surface area contributed by atoms with Crippen LogP contribution in [0.5, 0.6) is 0 Å². The fourth-order valence-corrected chi connectivity index (χ4v) is 5.04. The number of anilines is 4. The summed E-state index contributed by atoms with van der Waals surface area (Å²) in [5, 5.41) is 21.1. The Hall–Kier alpha value is -3.10. The van der Waals surface area contributed by atoms with Gasteiger partial charge in [-0.1, -0.05) is 18.2 Å². The van der Waals surface area contributed by atoms with Gasteiger partial charge in [0.2, 0.25) is 5.95 Å². The molecule has 0 spiro atoms. The van der Waals surface area contributed by atoms with E-state index in [0.717, 1.165) is 25.2 Å². The van der Waals surface area contributed by atoms with Crippen LogP contribution in [0.2, 0.25) is 0 Å². The molecule has 0 bridgehead atoms. The lowest BCUT2D eigenvalue weighted by Crippen LogP contribution is -2.38. The first-order valence-corrected chi connectivity index (χ1v) is 13.8. The van der Waals surface area contributed by atoms with Gasteiger partial charge in [-0.05, 0) is 61.7 Å². The normalized spacial score (nSPS) is 17.9. The minimum absolute atomic E-state index is 0.362. The zero-order valence-corrected chi connectivity index (χ0v) is 20.2. The number of hydrazine groups is 1. The van der Waals surface area contributed by atoms with E-state index < -0.39 is 13.4 Å². The van der Waals surface area contributed by atoms with Gasteiger partial charge in [0.05, 0.1) is 5.56 Å². The van der Waals surface area contributed by atoms with Gasteiger partial charge < -0.3 is 20.3 Å². The summed E-state index contributed by atoms with van der Waals surface area (Å²) in [6.07, 6.45) is 3.35. The highest BCUT2D eigenvalue weighted by Crippen LogP contribution is 2.42. The number of pyridine rings is 1. The van der Waals surface area contributed by atoms with Gasteiger partial charge in [0.25, 0.3) is 0 Å². The molecule has 2 aromatic heterocycles. The van der Waals surface area contributed by atoms with E-state index in [1.807, 2.05) is 18.2 Å². The van der Waals surface area contributed by atoms with Crippen molar-refractivity contribution < 1.29 is 9.67 Å². The number of aliphatic hydroxyl groups excluding tert-OH is 1. The monoisotopic (exact) mass is 477 g/mol. The van der Waals surface area contributed by atoms with Crippen LogP contribution in [0, 0.1) is 0 Å². The lowest BCUT2D eigenvalue weighted by Gasteiger charge is -2.29. The summed E-state index contributed by atoms with van der Waals surface area (Å²) in [5.74, 6) is 1.45. The lowest BCUT2D eigenvalue weighted by atomic mass is 10.0. The molecule has 3 aromatic rings. The van der Waals surface area contributed by atoms with E-state index in [9.17, 15) is 9.67 Å². The number of benzene rings is 1. The quantitative estimate of drug-likeness (QED) is 0.365. The highest BCUT2D eigenvalue weighted by molar-refractivity contribution is 7.69. The van der Waals surface area contributed by atoms with E-state index in [2.05, 4.69) is 39.3 Å². The third kappa shape index (κ3) is 4.23. The van der Waals surface area contributed by atoms with Crippen molar-refractivity contribution in [1.29, 1.82) is 0 Å². The Morgan fingerprint density at radius 2 is 2.12 bits per heavy atom. The average Bonchev–Trinajstić information content (AvgIpc) is 3.10. The van der Waals surface area contributed by atoms with Crippen LogP contribution in [0.3, 0.4) is 0 Å². The molecule has 0 fully saturated rings. The van der Waals surface area contributed by atoms with Crippen LogP contribution in [0.25, 0.3) is 0 Å². The SMILES string of the molecule is C=CCN1C(O)c2cnc(Nc3ccc4c(c3)CCNC4)nc2N1c1cccc(P(C)(C)=O)n1. The molecule has 5 rings (SSSR count). The summed E-state index contributed by atoms with van der Waals surface area (Å²) in [6.45, 7) is 9.40. The first-order chi connectivity index (χ1) is 16.3. The molecule has 0 saturated heterocycles. The van der Waals surface area contributed by atoms with Crippen molar-refractivity contribution in [2.45, 2.75) is 19.2 Å². The largest absolute Gasteiger partial charge is 0.372 e. The summed E-state index contributed by atoms with van der Waals surface area (Å²) in [4.78, 5) is 13.8. The summed E-state index contributed by atoms with van der Waals surface area (Å²) in [6, 6.07) is 11.6. The molecule has 0 aliphatic carbocycles. The predicted octanol–water partition coefficient (Wildman–Crippen LogP) is 3.05. The maximum atomic E-state index is 12.7. The minimum Gasteiger partial charge on any atom is -0.372 e. The van der Waals surface area contributed by atoms with Gasteiger partial charge in [-0.2, -0.15) is 9.99 Å². The van der Waals surface area contributed by atoms with Crippen molar-refractivity contribution in [2.75, 3.05) is 36.7 Å². The molecule has 4 heterocycles. The van der Waals surface area contributed by atoms with E-state index in [1.54, 1.807) is 41.7 Å². The summed E-state index contributed by atoms with van der Waals surface area (Å²) >= 11 is 0. The number of hydrogen-bond donors (Lipinski definition) is 3. The topological polar surface area (TPSA) is 107 Å². The number of fused-ring (bicyclic) bond motifs is 2. The van der Waals surface area contributed by atoms with Gasteiger partial charge in [-0.25, -0.2) is 15.0 Å². The molecule has 9 nitrogen and oxygen atoms in total. The minimum atomic E-state index is -2.57. The Morgan fingerprint density at radius 3 is 2.91 bits per heavy atom. The van der Waals surface area contributed by atoms with Crippen molar-refractivity contribution in [3.05, 3.63) is 71.9 Å². The Labute approximate surface area is 198 Å². The molecule has 0 amide bonds. The molecule has 0 saturated carbocycles. The highest BCUT2D eigenvalue weighted by Gasteiger charge is 2.38. The summed E-state index contributed by atoms with van der Waals surface area (Å²) < 4.78 is 12.7. The maximum Gasteiger partial charge on any atom is 0.229 e. The molecule has 176 valence electrons. The first kappa shape index (κ1) is 22.7. The first-order valence-electron chi connectivity index (χ1n) is 11.2. The molecular weight excluding hydrogens is 449 g/mol. The number of nitrogens with one attached hydrogen (secondary N) is 2. The van der Waals surface area contributed by atoms with Crippen molar-refractivity contribution in [3.63, 3.8) is 0 Å². The Balaban J connectivity index is 1.52. The number of nitrogens with zero attached hydrogens (tertiary/aromatic N) is 5. The van der Waals surface area contributed by atoms with Gasteiger partial charge in [0.15, 0.2) is 12.0 Å². The fourth-order valence-electron chi connectivity index (χ4n) is 4.25. The van der Waals surface area contributed by atoms with Crippen LogP contribution in [0.15, 0.2) is 55.3 Å². The molecule has 2 aliphatic rings. The van der Waals surface area contributed by atoms with Crippen LogP contribution in [-0.2, 0) is 17.5 Å². The van der Waals surface area contributed by atoms with Crippen molar-refractivity contribution in [3.8, 4) is 0 Å². The Bertz CT molecular complexity index is 1290. The zero-order chi connectivity index (χ0) is 23.9. The Kier molecular flexibility index (Phi) is 5.95. The fraction of sp³-hybridized carbons (Fsp3) is 0.292. The van der Waals surface area contributed by atoms with E-state index in [0.29, 0.717) is 35.1 Å². The van der Waals surface area contributed by atoms with Crippen molar-refractivity contribution in [1.82, 2.24) is 25.3 Å². The number of aromatic nitrogens is 3. The third-order valence-corrected chi connectivity index (χ3v) is 7.32. The van der Waals surface area contributed by atoms with E-state index >= 15 is 0 Å². The zero-order valence-electron chi connectivity index (χ0n) is 19.3. The van der Waals surface area contributed by atoms with E-state index in [-0.39, 0.29) is 0 Å². The van der Waals surface area contributed by atoms with Crippen molar-refractivity contribution in [2.24, 2.45) is 0 Å². The van der Waals surface area contributed by atoms with Crippen LogP contribution >= 0.6 is 7.14 Å². The summed E-state index contributed by atoms with van der Waals surface area (Å²) in [5.41, 5.74) is 4.60. The molecular formula is C24H28N7O2P. The number of rotatable bonds is 6. The number of hydrogen-bond acceptors (Lipinski definition) is 9. The lowest BCUT2D eigenvalue weighted by molar-refractivity contribution is 0.0247. The molecule has 10 heteroatoms. The second kappa shape index (κ2) is 8.92. The second-order valence-electron chi connectivity index (χ2n) is 8.81. The maximum absolute atomic E-state index is 12.7. The molecule has 3 N–H and O–H groups in total. The highest BCUT2D eigenvalue weighted by atomic mass is 31.2. The van der Waals surface area contributed by atoms with Crippen LogP contribution in [0.4, 0.5) is 23.3 Å². The molecule has 0 radical (unpaired) electrons. The third-order valence-electron chi connectivity index (χ3n) is 5.97. The van der Waals surface area contributed by atoms with E-state index in [4.69, 9.17) is 4.98 Å². The smallest absolute Gasteiger partial charge is 0.229 e. The van der Waals surface area contributed by atoms with Gasteiger partial charge in [0.1, 0.15) is 18.4 Å². The number of aliphatic hydroxyl groups is 1.